The molecule has 0 bridgehead atoms. The molecule has 0 saturated heterocycles. The number of benzene rings is 1. The second-order valence-corrected chi connectivity index (χ2v) is 6.84. The first kappa shape index (κ1) is 17.4. The molecule has 0 N–H and O–H groups in total. The normalized spacial score (nSPS) is 10.7. The van der Waals surface area contributed by atoms with Gasteiger partial charge in [0, 0.05) is 17.5 Å². The van der Waals surface area contributed by atoms with Crippen molar-refractivity contribution in [2.24, 2.45) is 0 Å². The zero-order chi connectivity index (χ0) is 17.3. The van der Waals surface area contributed by atoms with Crippen LogP contribution in [-0.4, -0.2) is 21.5 Å². The molecule has 3 aromatic rings. The van der Waals surface area contributed by atoms with E-state index < -0.39 is 0 Å². The number of rotatable bonds is 9. The summed E-state index contributed by atoms with van der Waals surface area (Å²) in [6.45, 7) is 0. The lowest BCUT2D eigenvalue weighted by Crippen LogP contribution is -2.02. The van der Waals surface area contributed by atoms with Gasteiger partial charge in [0.15, 0.2) is 5.76 Å². The Labute approximate surface area is 151 Å². The van der Waals surface area contributed by atoms with Crippen LogP contribution in [0.25, 0.3) is 11.5 Å². The highest BCUT2D eigenvalue weighted by molar-refractivity contribution is 7.99. The average Bonchev–Trinajstić information content (AvgIpc) is 3.11. The van der Waals surface area contributed by atoms with Crippen molar-refractivity contribution in [1.82, 2.24) is 9.97 Å². The highest BCUT2D eigenvalue weighted by atomic mass is 32.2. The van der Waals surface area contributed by atoms with Crippen LogP contribution in [0.3, 0.4) is 0 Å². The molecule has 0 aliphatic rings. The quantitative estimate of drug-likeness (QED) is 0.408. The van der Waals surface area contributed by atoms with Crippen LogP contribution in [0.1, 0.15) is 25.2 Å². The number of hydrogen-bond donors (Lipinski definition) is 0. The van der Waals surface area contributed by atoms with E-state index in [2.05, 4.69) is 22.1 Å². The summed E-state index contributed by atoms with van der Waals surface area (Å²) in [5, 5.41) is 0. The molecule has 0 aliphatic carbocycles. The molecule has 25 heavy (non-hydrogen) atoms. The highest BCUT2D eigenvalue weighted by Gasteiger charge is 2.11. The summed E-state index contributed by atoms with van der Waals surface area (Å²) in [6, 6.07) is 15.9. The summed E-state index contributed by atoms with van der Waals surface area (Å²) in [6.07, 6.45) is 6.06. The molecular weight excluding hydrogens is 332 g/mol. The van der Waals surface area contributed by atoms with Crippen LogP contribution in [0, 0.1) is 0 Å². The van der Waals surface area contributed by atoms with E-state index in [0.29, 0.717) is 18.1 Å². The van der Waals surface area contributed by atoms with Crippen molar-refractivity contribution in [2.75, 3.05) is 5.75 Å². The zero-order valence-electron chi connectivity index (χ0n) is 13.9. The van der Waals surface area contributed by atoms with Gasteiger partial charge in [-0.1, -0.05) is 24.3 Å². The molecule has 0 atom stereocenters. The van der Waals surface area contributed by atoms with Gasteiger partial charge in [0.1, 0.15) is 11.5 Å². The molecule has 3 rings (SSSR count). The molecule has 2 aromatic heterocycles. The molecule has 4 nitrogen and oxygen atoms in total. The number of Topliss-reactive ketones (excluding diaryl/α,β-unsaturated/α-hetero) is 1. The van der Waals surface area contributed by atoms with E-state index in [1.165, 1.54) is 4.90 Å². The SMILES string of the molecule is O=C(CCCCSc1ccccc1)Cc1ncc(-c2ccccn2)o1. The van der Waals surface area contributed by atoms with E-state index in [0.717, 1.165) is 24.3 Å². The third-order valence-electron chi connectivity index (χ3n) is 3.68. The molecule has 0 unspecified atom stereocenters. The van der Waals surface area contributed by atoms with Crippen molar-refractivity contribution in [1.29, 1.82) is 0 Å². The van der Waals surface area contributed by atoms with Gasteiger partial charge in [0.25, 0.3) is 0 Å². The molecule has 0 radical (unpaired) electrons. The average molecular weight is 352 g/mol. The fourth-order valence-corrected chi connectivity index (χ4v) is 3.34. The van der Waals surface area contributed by atoms with E-state index in [1.54, 1.807) is 12.4 Å². The van der Waals surface area contributed by atoms with Gasteiger partial charge in [0.05, 0.1) is 12.6 Å². The van der Waals surface area contributed by atoms with Crippen molar-refractivity contribution in [3.63, 3.8) is 0 Å². The minimum absolute atomic E-state index is 0.166. The number of thioether (sulfide) groups is 1. The molecule has 1 aromatic carbocycles. The summed E-state index contributed by atoms with van der Waals surface area (Å²) in [5.41, 5.74) is 0.728. The molecule has 0 amide bonds. The van der Waals surface area contributed by atoms with Gasteiger partial charge in [-0.3, -0.25) is 9.78 Å². The fourth-order valence-electron chi connectivity index (χ4n) is 2.41. The third kappa shape index (κ3) is 5.57. The summed E-state index contributed by atoms with van der Waals surface area (Å²) in [4.78, 5) is 21.7. The minimum Gasteiger partial charge on any atom is -0.439 e. The lowest BCUT2D eigenvalue weighted by molar-refractivity contribution is -0.118. The first-order valence-electron chi connectivity index (χ1n) is 8.37. The number of oxazole rings is 1. The van der Waals surface area contributed by atoms with Crippen LogP contribution < -0.4 is 0 Å². The summed E-state index contributed by atoms with van der Waals surface area (Å²) >= 11 is 1.83. The topological polar surface area (TPSA) is 56.0 Å². The van der Waals surface area contributed by atoms with E-state index in [4.69, 9.17) is 4.42 Å². The number of nitrogens with zero attached hydrogens (tertiary/aromatic N) is 2. The Kier molecular flexibility index (Phi) is 6.40. The van der Waals surface area contributed by atoms with Gasteiger partial charge >= 0.3 is 0 Å². The Morgan fingerprint density at radius 1 is 1.00 bits per heavy atom. The van der Waals surface area contributed by atoms with Crippen molar-refractivity contribution in [2.45, 2.75) is 30.6 Å². The van der Waals surface area contributed by atoms with Crippen LogP contribution in [0.2, 0.25) is 0 Å². The first-order valence-corrected chi connectivity index (χ1v) is 9.35. The predicted octanol–water partition coefficient (Wildman–Crippen LogP) is 4.81. The van der Waals surface area contributed by atoms with Crippen molar-refractivity contribution < 1.29 is 9.21 Å². The standard InChI is InChI=1S/C20H20N2O2S/c23-16(8-5-7-13-25-17-9-2-1-3-10-17)14-20-22-15-19(24-20)18-11-4-6-12-21-18/h1-4,6,9-12,15H,5,7-8,13-14H2. The molecule has 5 heteroatoms. The number of carbonyl (C=O) groups excluding carboxylic acids is 1. The Hall–Kier alpha value is -2.40. The molecule has 2 heterocycles. The van der Waals surface area contributed by atoms with E-state index in [1.807, 2.05) is 48.2 Å². The molecular formula is C20H20N2O2S. The predicted molar refractivity (Wildman–Crippen MR) is 99.5 cm³/mol. The van der Waals surface area contributed by atoms with Crippen LogP contribution in [-0.2, 0) is 11.2 Å². The maximum absolute atomic E-state index is 12.1. The smallest absolute Gasteiger partial charge is 0.202 e. The van der Waals surface area contributed by atoms with Crippen LogP contribution in [0.15, 0.2) is 70.2 Å². The Morgan fingerprint density at radius 2 is 1.84 bits per heavy atom. The molecule has 0 fully saturated rings. The number of pyridine rings is 1. The van der Waals surface area contributed by atoms with Crippen LogP contribution in [0.4, 0.5) is 0 Å². The number of unbranched alkanes of at least 4 members (excludes halogenated alkanes) is 1. The Bertz CT molecular complexity index is 788. The summed E-state index contributed by atoms with van der Waals surface area (Å²) in [5.74, 6) is 2.26. The molecule has 0 saturated carbocycles. The fraction of sp³-hybridized carbons (Fsp3) is 0.250. The summed E-state index contributed by atoms with van der Waals surface area (Å²) < 4.78 is 5.63. The maximum Gasteiger partial charge on any atom is 0.202 e. The molecule has 0 spiro atoms. The van der Waals surface area contributed by atoms with Gasteiger partial charge in [0.2, 0.25) is 5.89 Å². The second kappa shape index (κ2) is 9.18. The molecule has 0 aliphatic heterocycles. The summed E-state index contributed by atoms with van der Waals surface area (Å²) in [7, 11) is 0. The van der Waals surface area contributed by atoms with Gasteiger partial charge in [-0.15, -0.1) is 11.8 Å². The lowest BCUT2D eigenvalue weighted by Gasteiger charge is -2.01. The van der Waals surface area contributed by atoms with Crippen LogP contribution in [0.5, 0.6) is 0 Å². The largest absolute Gasteiger partial charge is 0.439 e. The van der Waals surface area contributed by atoms with Crippen molar-refractivity contribution >= 4 is 17.5 Å². The van der Waals surface area contributed by atoms with Gasteiger partial charge in [-0.05, 0) is 42.9 Å². The number of carbonyl (C=O) groups is 1. The van der Waals surface area contributed by atoms with Crippen molar-refractivity contribution in [3.05, 3.63) is 66.8 Å². The van der Waals surface area contributed by atoms with Crippen LogP contribution >= 0.6 is 11.8 Å². The second-order valence-electron chi connectivity index (χ2n) is 5.67. The maximum atomic E-state index is 12.1. The van der Waals surface area contributed by atoms with Crippen molar-refractivity contribution in [3.8, 4) is 11.5 Å². The molecule has 128 valence electrons. The monoisotopic (exact) mass is 352 g/mol. The highest BCUT2D eigenvalue weighted by Crippen LogP contribution is 2.20. The zero-order valence-corrected chi connectivity index (χ0v) is 14.7. The number of aromatic nitrogens is 2. The number of hydrogen-bond acceptors (Lipinski definition) is 5. The Morgan fingerprint density at radius 3 is 2.64 bits per heavy atom. The van der Waals surface area contributed by atoms with Gasteiger partial charge in [-0.2, -0.15) is 0 Å². The third-order valence-corrected chi connectivity index (χ3v) is 4.78. The Balaban J connectivity index is 1.37. The van der Waals surface area contributed by atoms with Gasteiger partial charge in [-0.25, -0.2) is 4.98 Å². The van der Waals surface area contributed by atoms with Gasteiger partial charge < -0.3 is 4.42 Å². The first-order chi connectivity index (χ1) is 12.3. The van der Waals surface area contributed by atoms with E-state index in [9.17, 15) is 4.79 Å². The lowest BCUT2D eigenvalue weighted by atomic mass is 10.1. The van der Waals surface area contributed by atoms with E-state index >= 15 is 0 Å². The number of ketones is 1. The van der Waals surface area contributed by atoms with E-state index in [-0.39, 0.29) is 12.2 Å². The minimum atomic E-state index is 0.166.